The van der Waals surface area contributed by atoms with Crippen LogP contribution in [0, 0.1) is 0 Å². The van der Waals surface area contributed by atoms with Crippen molar-refractivity contribution < 1.29 is 5.21 Å². The fraction of sp³-hybridized carbons (Fsp3) is 0.200. The van der Waals surface area contributed by atoms with Gasteiger partial charge in [-0.05, 0) is 18.4 Å². The van der Waals surface area contributed by atoms with Crippen LogP contribution in [0.3, 0.4) is 0 Å². The minimum atomic E-state index is -0.125. The van der Waals surface area contributed by atoms with Gasteiger partial charge >= 0.3 is 0 Å². The van der Waals surface area contributed by atoms with Gasteiger partial charge in [0.25, 0.3) is 0 Å². The van der Waals surface area contributed by atoms with Gasteiger partial charge in [0.1, 0.15) is 6.17 Å². The van der Waals surface area contributed by atoms with Crippen LogP contribution in [-0.4, -0.2) is 11.4 Å². The zero-order valence-electron chi connectivity index (χ0n) is 4.33. The van der Waals surface area contributed by atoms with E-state index in [-0.39, 0.29) is 6.17 Å². The molecule has 3 nitrogen and oxygen atoms in total. The third kappa shape index (κ3) is 1.08. The maximum atomic E-state index is 8.29. The van der Waals surface area contributed by atoms with E-state index in [0.29, 0.717) is 0 Å². The Bertz CT molecular complexity index is 120. The van der Waals surface area contributed by atoms with Crippen molar-refractivity contribution >= 4 is 0 Å². The van der Waals surface area contributed by atoms with Crippen molar-refractivity contribution in [3.05, 3.63) is 24.4 Å². The summed E-state index contributed by atoms with van der Waals surface area (Å²) in [6, 6.07) is 0. The zero-order chi connectivity index (χ0) is 5.82. The first-order chi connectivity index (χ1) is 3.93. The van der Waals surface area contributed by atoms with Crippen LogP contribution >= 0.6 is 0 Å². The molecule has 0 radical (unpaired) electrons. The molecule has 0 aromatic heterocycles. The molecule has 44 valence electrons. The first-order valence-electron chi connectivity index (χ1n) is 2.42. The summed E-state index contributed by atoms with van der Waals surface area (Å²) in [4.78, 5) is 0. The molecular formula is C5H8N2O. The number of hydroxylamine groups is 1. The SMILES string of the molecule is ONC1C=CC=CN1. The van der Waals surface area contributed by atoms with Crippen molar-refractivity contribution in [2.45, 2.75) is 6.17 Å². The number of rotatable bonds is 1. The summed E-state index contributed by atoms with van der Waals surface area (Å²) in [6.07, 6.45) is 7.14. The van der Waals surface area contributed by atoms with Crippen molar-refractivity contribution in [3.63, 3.8) is 0 Å². The molecule has 1 rings (SSSR count). The Kier molecular flexibility index (Phi) is 1.66. The highest BCUT2D eigenvalue weighted by Crippen LogP contribution is 1.87. The molecule has 0 spiro atoms. The van der Waals surface area contributed by atoms with E-state index in [2.05, 4.69) is 10.8 Å². The monoisotopic (exact) mass is 112 g/mol. The van der Waals surface area contributed by atoms with Gasteiger partial charge in [-0.2, -0.15) is 5.48 Å². The lowest BCUT2D eigenvalue weighted by molar-refractivity contribution is 0.135. The molecule has 8 heavy (non-hydrogen) atoms. The molecule has 0 saturated heterocycles. The fourth-order valence-electron chi connectivity index (χ4n) is 0.526. The minimum Gasteiger partial charge on any atom is -0.371 e. The van der Waals surface area contributed by atoms with Gasteiger partial charge in [0.15, 0.2) is 0 Å². The summed E-state index contributed by atoms with van der Waals surface area (Å²) in [5.74, 6) is 0. The van der Waals surface area contributed by atoms with Crippen LogP contribution in [0.5, 0.6) is 0 Å². The second kappa shape index (κ2) is 2.49. The maximum Gasteiger partial charge on any atom is 0.119 e. The van der Waals surface area contributed by atoms with Crippen LogP contribution in [-0.2, 0) is 0 Å². The standard InChI is InChI=1S/C5H8N2O/c8-7-5-3-1-2-4-6-5/h1-8H. The van der Waals surface area contributed by atoms with Crippen molar-refractivity contribution in [2.24, 2.45) is 0 Å². The molecule has 1 aliphatic rings. The number of hydrogen-bond acceptors (Lipinski definition) is 3. The highest BCUT2D eigenvalue weighted by molar-refractivity contribution is 5.10. The average Bonchev–Trinajstić information content (AvgIpc) is 1.90. The third-order valence-corrected chi connectivity index (χ3v) is 0.926. The Morgan fingerprint density at radius 3 is 2.75 bits per heavy atom. The highest BCUT2D eigenvalue weighted by Gasteiger charge is 1.97. The van der Waals surface area contributed by atoms with Crippen molar-refractivity contribution in [3.8, 4) is 0 Å². The third-order valence-electron chi connectivity index (χ3n) is 0.926. The normalized spacial score (nSPS) is 25.4. The summed E-state index contributed by atoms with van der Waals surface area (Å²) >= 11 is 0. The lowest BCUT2D eigenvalue weighted by atomic mass is 10.3. The van der Waals surface area contributed by atoms with Gasteiger partial charge in [-0.25, -0.2) is 0 Å². The second-order valence-corrected chi connectivity index (χ2v) is 1.52. The number of dihydropyridines is 1. The number of hydrogen-bond donors (Lipinski definition) is 3. The van der Waals surface area contributed by atoms with Gasteiger partial charge in [0.2, 0.25) is 0 Å². The lowest BCUT2D eigenvalue weighted by Gasteiger charge is -2.11. The number of nitrogens with one attached hydrogen (secondary N) is 2. The van der Waals surface area contributed by atoms with Crippen molar-refractivity contribution in [2.75, 3.05) is 0 Å². The van der Waals surface area contributed by atoms with Gasteiger partial charge in [-0.3, -0.25) is 0 Å². The molecular weight excluding hydrogens is 104 g/mol. The van der Waals surface area contributed by atoms with Crippen molar-refractivity contribution in [1.29, 1.82) is 0 Å². The smallest absolute Gasteiger partial charge is 0.119 e. The first kappa shape index (κ1) is 5.34. The molecule has 0 saturated carbocycles. The summed E-state index contributed by atoms with van der Waals surface area (Å²) < 4.78 is 0. The van der Waals surface area contributed by atoms with E-state index in [1.54, 1.807) is 12.3 Å². The molecule has 1 atom stereocenters. The highest BCUT2D eigenvalue weighted by atomic mass is 16.5. The zero-order valence-corrected chi connectivity index (χ0v) is 4.33. The minimum absolute atomic E-state index is 0.125. The Morgan fingerprint density at radius 2 is 2.38 bits per heavy atom. The molecule has 0 aromatic carbocycles. The number of allylic oxidation sites excluding steroid dienone is 2. The Morgan fingerprint density at radius 1 is 1.50 bits per heavy atom. The molecule has 0 bridgehead atoms. The van der Waals surface area contributed by atoms with E-state index < -0.39 is 0 Å². The Hall–Kier alpha value is -0.800. The largest absolute Gasteiger partial charge is 0.371 e. The van der Waals surface area contributed by atoms with Gasteiger partial charge in [0, 0.05) is 0 Å². The molecule has 0 aliphatic carbocycles. The Labute approximate surface area is 47.7 Å². The van der Waals surface area contributed by atoms with Crippen LogP contribution < -0.4 is 10.8 Å². The van der Waals surface area contributed by atoms with E-state index in [1.807, 2.05) is 12.2 Å². The van der Waals surface area contributed by atoms with Crippen LogP contribution in [0.1, 0.15) is 0 Å². The van der Waals surface area contributed by atoms with Gasteiger partial charge < -0.3 is 10.5 Å². The van der Waals surface area contributed by atoms with Gasteiger partial charge in [0.05, 0.1) is 0 Å². The molecule has 0 amide bonds. The quantitative estimate of drug-likeness (QED) is 0.417. The summed E-state index contributed by atoms with van der Waals surface area (Å²) in [5, 5.41) is 11.1. The van der Waals surface area contributed by atoms with E-state index >= 15 is 0 Å². The topological polar surface area (TPSA) is 44.3 Å². The molecule has 3 N–H and O–H groups in total. The second-order valence-electron chi connectivity index (χ2n) is 1.52. The molecule has 3 heteroatoms. The Balaban J connectivity index is 2.40. The first-order valence-corrected chi connectivity index (χ1v) is 2.42. The summed E-state index contributed by atoms with van der Waals surface area (Å²) in [5.41, 5.74) is 2.05. The van der Waals surface area contributed by atoms with E-state index in [1.165, 1.54) is 0 Å². The molecule has 1 aliphatic heterocycles. The predicted molar refractivity (Wildman–Crippen MR) is 30.1 cm³/mol. The van der Waals surface area contributed by atoms with Gasteiger partial charge in [-0.1, -0.05) is 6.08 Å². The van der Waals surface area contributed by atoms with E-state index in [0.717, 1.165) is 0 Å². The van der Waals surface area contributed by atoms with E-state index in [4.69, 9.17) is 5.21 Å². The van der Waals surface area contributed by atoms with E-state index in [9.17, 15) is 0 Å². The van der Waals surface area contributed by atoms with Gasteiger partial charge in [-0.15, -0.1) is 0 Å². The van der Waals surface area contributed by atoms with Crippen LogP contribution in [0.15, 0.2) is 24.4 Å². The van der Waals surface area contributed by atoms with Crippen LogP contribution in [0.25, 0.3) is 0 Å². The fourth-order valence-corrected chi connectivity index (χ4v) is 0.526. The summed E-state index contributed by atoms with van der Waals surface area (Å²) in [7, 11) is 0. The lowest BCUT2D eigenvalue weighted by Crippen LogP contribution is -2.36. The average molecular weight is 112 g/mol. The molecule has 1 unspecified atom stereocenters. The maximum absolute atomic E-state index is 8.29. The van der Waals surface area contributed by atoms with Crippen molar-refractivity contribution in [1.82, 2.24) is 10.8 Å². The predicted octanol–water partition coefficient (Wildman–Crippen LogP) is -0.0356. The molecule has 0 aromatic rings. The summed E-state index contributed by atoms with van der Waals surface area (Å²) in [6.45, 7) is 0. The van der Waals surface area contributed by atoms with Crippen LogP contribution in [0.4, 0.5) is 0 Å². The molecule has 1 heterocycles. The molecule has 0 fully saturated rings. The van der Waals surface area contributed by atoms with Crippen LogP contribution in [0.2, 0.25) is 0 Å².